The van der Waals surface area contributed by atoms with Crippen LogP contribution in [0.15, 0.2) is 30.6 Å². The van der Waals surface area contributed by atoms with E-state index in [0.29, 0.717) is 12.1 Å². The third-order valence-electron chi connectivity index (χ3n) is 3.62. The fraction of sp³-hybridized carbons (Fsp3) is 0.375. The lowest BCUT2D eigenvalue weighted by atomic mass is 10.2. The molecule has 118 valence electrons. The molecule has 2 rings (SSSR count). The van der Waals surface area contributed by atoms with Gasteiger partial charge >= 0.3 is 0 Å². The normalized spacial score (nSPS) is 11.0. The van der Waals surface area contributed by atoms with Crippen LogP contribution in [0.25, 0.3) is 0 Å². The zero-order valence-corrected chi connectivity index (χ0v) is 12.6. The molecule has 1 amide bonds. The van der Waals surface area contributed by atoms with Crippen molar-refractivity contribution in [3.05, 3.63) is 53.1 Å². The van der Waals surface area contributed by atoms with Crippen molar-refractivity contribution >= 4 is 5.91 Å². The zero-order valence-electron chi connectivity index (χ0n) is 12.6. The molecule has 0 aliphatic heterocycles. The summed E-state index contributed by atoms with van der Waals surface area (Å²) in [6.07, 6.45) is 3.43. The maximum Gasteiger partial charge on any atom is 0.253 e. The monoisotopic (exact) mass is 307 g/mol. The molecule has 0 bridgehead atoms. The number of hydrogen-bond donors (Lipinski definition) is 1. The second kappa shape index (κ2) is 7.15. The van der Waals surface area contributed by atoms with Gasteiger partial charge in [0.2, 0.25) is 0 Å². The first-order valence-electron chi connectivity index (χ1n) is 7.05. The maximum absolute atomic E-state index is 12.5. The smallest absolute Gasteiger partial charge is 0.253 e. The molecule has 2 aromatic rings. The van der Waals surface area contributed by atoms with E-state index < -0.39 is 25.3 Å². The third kappa shape index (κ3) is 3.50. The lowest BCUT2D eigenvalue weighted by Crippen LogP contribution is -2.38. The Labute approximate surface area is 128 Å². The van der Waals surface area contributed by atoms with Gasteiger partial charge in [-0.1, -0.05) is 0 Å². The number of aromatic nitrogens is 2. The SMILES string of the molecule is Cc1cc(C(=O)NC(CF)CF)c(C)n1Cc1ccncc1. The van der Waals surface area contributed by atoms with E-state index in [2.05, 4.69) is 10.3 Å². The molecule has 0 fully saturated rings. The highest BCUT2D eigenvalue weighted by molar-refractivity contribution is 5.95. The minimum atomic E-state index is -1.09. The highest BCUT2D eigenvalue weighted by atomic mass is 19.1. The second-order valence-corrected chi connectivity index (χ2v) is 5.21. The van der Waals surface area contributed by atoms with Crippen LogP contribution >= 0.6 is 0 Å². The van der Waals surface area contributed by atoms with E-state index in [1.807, 2.05) is 30.5 Å². The third-order valence-corrected chi connectivity index (χ3v) is 3.62. The molecule has 0 saturated heterocycles. The van der Waals surface area contributed by atoms with Crippen LogP contribution in [0, 0.1) is 13.8 Å². The zero-order chi connectivity index (χ0) is 16.1. The summed E-state index contributed by atoms with van der Waals surface area (Å²) in [6, 6.07) is 4.46. The molecule has 0 saturated carbocycles. The van der Waals surface area contributed by atoms with Crippen LogP contribution in [-0.2, 0) is 6.54 Å². The lowest BCUT2D eigenvalue weighted by Gasteiger charge is -2.12. The number of rotatable bonds is 6. The second-order valence-electron chi connectivity index (χ2n) is 5.21. The predicted molar refractivity (Wildman–Crippen MR) is 80.4 cm³/mol. The van der Waals surface area contributed by atoms with Gasteiger partial charge in [0, 0.05) is 30.3 Å². The molecular formula is C16H19F2N3O. The van der Waals surface area contributed by atoms with Crippen molar-refractivity contribution in [2.75, 3.05) is 13.3 Å². The molecule has 0 radical (unpaired) electrons. The molecule has 0 atom stereocenters. The Morgan fingerprint density at radius 2 is 1.91 bits per heavy atom. The molecule has 0 aromatic carbocycles. The number of nitrogens with zero attached hydrogens (tertiary/aromatic N) is 2. The van der Waals surface area contributed by atoms with Crippen molar-refractivity contribution in [3.8, 4) is 0 Å². The van der Waals surface area contributed by atoms with E-state index >= 15 is 0 Å². The van der Waals surface area contributed by atoms with E-state index in [9.17, 15) is 13.6 Å². The van der Waals surface area contributed by atoms with Crippen molar-refractivity contribution in [2.45, 2.75) is 26.4 Å². The Morgan fingerprint density at radius 3 is 2.50 bits per heavy atom. The van der Waals surface area contributed by atoms with Gasteiger partial charge in [-0.2, -0.15) is 0 Å². The van der Waals surface area contributed by atoms with Crippen LogP contribution in [-0.4, -0.2) is 34.8 Å². The number of hydrogen-bond acceptors (Lipinski definition) is 2. The summed E-state index contributed by atoms with van der Waals surface area (Å²) in [7, 11) is 0. The Bertz CT molecular complexity index is 636. The fourth-order valence-electron chi connectivity index (χ4n) is 2.33. The average Bonchev–Trinajstić information content (AvgIpc) is 2.81. The van der Waals surface area contributed by atoms with Crippen molar-refractivity contribution in [2.24, 2.45) is 0 Å². The molecule has 6 heteroatoms. The Morgan fingerprint density at radius 1 is 1.27 bits per heavy atom. The van der Waals surface area contributed by atoms with E-state index in [0.717, 1.165) is 17.0 Å². The number of aryl methyl sites for hydroxylation is 1. The quantitative estimate of drug-likeness (QED) is 0.891. The first-order valence-corrected chi connectivity index (χ1v) is 7.05. The number of carbonyl (C=O) groups is 1. The summed E-state index contributed by atoms with van der Waals surface area (Å²) in [5.74, 6) is -0.450. The number of nitrogens with one attached hydrogen (secondary N) is 1. The van der Waals surface area contributed by atoms with Crippen LogP contribution < -0.4 is 5.32 Å². The number of alkyl halides is 2. The molecule has 4 nitrogen and oxygen atoms in total. The standard InChI is InChI=1S/C16H19F2N3O/c1-11-7-15(16(22)20-14(8-17)9-18)12(2)21(11)10-13-3-5-19-6-4-13/h3-7,14H,8-10H2,1-2H3,(H,20,22). The van der Waals surface area contributed by atoms with E-state index in [4.69, 9.17) is 0 Å². The van der Waals surface area contributed by atoms with Crippen LogP contribution in [0.3, 0.4) is 0 Å². The lowest BCUT2D eigenvalue weighted by molar-refractivity contribution is 0.0921. The van der Waals surface area contributed by atoms with Gasteiger partial charge in [-0.05, 0) is 37.6 Å². The van der Waals surface area contributed by atoms with E-state index in [-0.39, 0.29) is 0 Å². The molecule has 0 aliphatic rings. The summed E-state index contributed by atoms with van der Waals surface area (Å²) in [5, 5.41) is 2.37. The van der Waals surface area contributed by atoms with Crippen LogP contribution in [0.1, 0.15) is 27.3 Å². The number of amides is 1. The molecule has 1 N–H and O–H groups in total. The number of carbonyl (C=O) groups excluding carboxylic acids is 1. The van der Waals surface area contributed by atoms with Gasteiger partial charge in [0.25, 0.3) is 5.91 Å². The minimum absolute atomic E-state index is 0.443. The summed E-state index contributed by atoms with van der Waals surface area (Å²) in [5.41, 5.74) is 3.19. The average molecular weight is 307 g/mol. The van der Waals surface area contributed by atoms with Crippen LogP contribution in [0.2, 0.25) is 0 Å². The van der Waals surface area contributed by atoms with Gasteiger partial charge < -0.3 is 9.88 Å². The summed E-state index contributed by atoms with van der Waals surface area (Å²) >= 11 is 0. The summed E-state index contributed by atoms with van der Waals surface area (Å²) in [4.78, 5) is 16.1. The Balaban J connectivity index is 2.21. The molecular weight excluding hydrogens is 288 g/mol. The molecule has 0 spiro atoms. The maximum atomic E-state index is 12.5. The van der Waals surface area contributed by atoms with Gasteiger partial charge in [-0.25, -0.2) is 8.78 Å². The van der Waals surface area contributed by atoms with Gasteiger partial charge in [0.05, 0.1) is 11.6 Å². The van der Waals surface area contributed by atoms with Gasteiger partial charge in [-0.15, -0.1) is 0 Å². The predicted octanol–water partition coefficient (Wildman–Crippen LogP) is 2.59. The van der Waals surface area contributed by atoms with Gasteiger partial charge in [-0.3, -0.25) is 9.78 Å². The van der Waals surface area contributed by atoms with Crippen molar-refractivity contribution < 1.29 is 13.6 Å². The largest absolute Gasteiger partial charge is 0.344 e. The van der Waals surface area contributed by atoms with E-state index in [1.54, 1.807) is 18.5 Å². The van der Waals surface area contributed by atoms with Gasteiger partial charge in [0.15, 0.2) is 0 Å². The Kier molecular flexibility index (Phi) is 5.25. The van der Waals surface area contributed by atoms with Crippen LogP contribution in [0.4, 0.5) is 8.78 Å². The fourth-order valence-corrected chi connectivity index (χ4v) is 2.33. The topological polar surface area (TPSA) is 46.9 Å². The molecule has 2 aromatic heterocycles. The molecule has 2 heterocycles. The van der Waals surface area contributed by atoms with Crippen molar-refractivity contribution in [1.29, 1.82) is 0 Å². The van der Waals surface area contributed by atoms with Gasteiger partial charge in [0.1, 0.15) is 13.3 Å². The molecule has 0 unspecified atom stereocenters. The Hall–Kier alpha value is -2.24. The highest BCUT2D eigenvalue weighted by Crippen LogP contribution is 2.17. The van der Waals surface area contributed by atoms with Crippen molar-refractivity contribution in [1.82, 2.24) is 14.9 Å². The molecule has 22 heavy (non-hydrogen) atoms. The first-order chi connectivity index (χ1) is 10.6. The summed E-state index contributed by atoms with van der Waals surface area (Å²) in [6.45, 7) is 2.49. The molecule has 0 aliphatic carbocycles. The van der Waals surface area contributed by atoms with E-state index in [1.165, 1.54) is 0 Å². The number of halogens is 2. The first kappa shape index (κ1) is 16.1. The van der Waals surface area contributed by atoms with Crippen LogP contribution in [0.5, 0.6) is 0 Å². The minimum Gasteiger partial charge on any atom is -0.344 e. The highest BCUT2D eigenvalue weighted by Gasteiger charge is 2.19. The number of pyridine rings is 1. The van der Waals surface area contributed by atoms with Crippen molar-refractivity contribution in [3.63, 3.8) is 0 Å². The summed E-state index contributed by atoms with van der Waals surface area (Å²) < 4.78 is 27.1.